The minimum Gasteiger partial charge on any atom is -0.356 e. The second-order valence-electron chi connectivity index (χ2n) is 3.89. The molecule has 0 aliphatic carbocycles. The first-order valence-electron chi connectivity index (χ1n) is 5.14. The molecular formula is C12H15FN2. The topological polar surface area (TPSA) is 27.8 Å². The Morgan fingerprint density at radius 2 is 2.27 bits per heavy atom. The van der Waals surface area contributed by atoms with Crippen molar-refractivity contribution in [2.75, 3.05) is 7.05 Å². The molecule has 1 unspecified atom stereocenters. The van der Waals surface area contributed by atoms with Crippen LogP contribution in [0.3, 0.4) is 0 Å². The third-order valence-corrected chi connectivity index (χ3v) is 2.68. The average molecular weight is 206 g/mol. The number of rotatable bonds is 3. The van der Waals surface area contributed by atoms with Crippen LogP contribution in [0.15, 0.2) is 24.3 Å². The van der Waals surface area contributed by atoms with Crippen molar-refractivity contribution < 1.29 is 4.39 Å². The summed E-state index contributed by atoms with van der Waals surface area (Å²) < 4.78 is 13.4. The molecule has 3 heteroatoms. The van der Waals surface area contributed by atoms with Crippen LogP contribution in [0.1, 0.15) is 12.6 Å². The number of fused-ring (bicyclic) bond motifs is 1. The number of H-pyrrole nitrogens is 1. The maximum Gasteiger partial charge on any atom is 0.147 e. The van der Waals surface area contributed by atoms with Crippen molar-refractivity contribution in [2.45, 2.75) is 19.4 Å². The number of benzene rings is 1. The Morgan fingerprint density at radius 1 is 1.47 bits per heavy atom. The Hall–Kier alpha value is -1.35. The molecule has 2 N–H and O–H groups in total. The van der Waals surface area contributed by atoms with E-state index in [0.29, 0.717) is 11.6 Å². The number of hydrogen-bond donors (Lipinski definition) is 2. The van der Waals surface area contributed by atoms with Crippen LogP contribution in [0.5, 0.6) is 0 Å². The molecule has 1 heterocycles. The molecule has 0 radical (unpaired) electrons. The molecular weight excluding hydrogens is 191 g/mol. The first-order valence-corrected chi connectivity index (χ1v) is 5.14. The zero-order chi connectivity index (χ0) is 10.8. The Balaban J connectivity index is 2.35. The number of nitrogens with one attached hydrogen (secondary N) is 2. The highest BCUT2D eigenvalue weighted by Crippen LogP contribution is 2.18. The van der Waals surface area contributed by atoms with Gasteiger partial charge in [-0.25, -0.2) is 4.39 Å². The molecule has 0 saturated heterocycles. The fourth-order valence-electron chi connectivity index (χ4n) is 1.72. The molecule has 1 aromatic heterocycles. The van der Waals surface area contributed by atoms with Gasteiger partial charge in [-0.1, -0.05) is 12.1 Å². The summed E-state index contributed by atoms with van der Waals surface area (Å²) in [5.41, 5.74) is 1.67. The summed E-state index contributed by atoms with van der Waals surface area (Å²) in [7, 11) is 1.92. The molecule has 0 fully saturated rings. The van der Waals surface area contributed by atoms with E-state index < -0.39 is 0 Å². The molecule has 80 valence electrons. The summed E-state index contributed by atoms with van der Waals surface area (Å²) in [5, 5.41) is 4.10. The lowest BCUT2D eigenvalue weighted by Gasteiger charge is -2.07. The number of aromatic amines is 1. The molecule has 0 amide bonds. The van der Waals surface area contributed by atoms with Crippen molar-refractivity contribution in [3.8, 4) is 0 Å². The third-order valence-electron chi connectivity index (χ3n) is 2.68. The number of hydrogen-bond acceptors (Lipinski definition) is 1. The van der Waals surface area contributed by atoms with E-state index in [2.05, 4.69) is 17.2 Å². The minimum absolute atomic E-state index is 0.184. The third kappa shape index (κ3) is 2.02. The molecule has 0 saturated carbocycles. The van der Waals surface area contributed by atoms with E-state index in [1.54, 1.807) is 6.07 Å². The maximum atomic E-state index is 13.4. The SMILES string of the molecule is CNC(C)Cc1cc2cccc(F)c2[nH]1. The highest BCUT2D eigenvalue weighted by atomic mass is 19.1. The first kappa shape index (κ1) is 10.2. The van der Waals surface area contributed by atoms with Gasteiger partial charge in [-0.15, -0.1) is 0 Å². The predicted octanol–water partition coefficient (Wildman–Crippen LogP) is 2.46. The summed E-state index contributed by atoms with van der Waals surface area (Å²) >= 11 is 0. The molecule has 0 bridgehead atoms. The van der Waals surface area contributed by atoms with Crippen molar-refractivity contribution in [3.05, 3.63) is 35.8 Å². The van der Waals surface area contributed by atoms with Gasteiger partial charge < -0.3 is 10.3 Å². The van der Waals surface area contributed by atoms with Gasteiger partial charge in [0.05, 0.1) is 5.52 Å². The van der Waals surface area contributed by atoms with E-state index in [-0.39, 0.29) is 5.82 Å². The second kappa shape index (κ2) is 4.03. The van der Waals surface area contributed by atoms with E-state index in [1.165, 1.54) is 6.07 Å². The van der Waals surface area contributed by atoms with Crippen LogP contribution in [0.25, 0.3) is 10.9 Å². The van der Waals surface area contributed by atoms with Gasteiger partial charge in [-0.3, -0.25) is 0 Å². The molecule has 1 aromatic carbocycles. The van der Waals surface area contributed by atoms with Crippen LogP contribution < -0.4 is 5.32 Å². The van der Waals surface area contributed by atoms with Gasteiger partial charge in [0.2, 0.25) is 0 Å². The van der Waals surface area contributed by atoms with Crippen LogP contribution in [-0.2, 0) is 6.42 Å². The van der Waals surface area contributed by atoms with Crippen LogP contribution in [0, 0.1) is 5.82 Å². The van der Waals surface area contributed by atoms with Crippen molar-refractivity contribution in [1.29, 1.82) is 0 Å². The van der Waals surface area contributed by atoms with Gasteiger partial charge in [0.15, 0.2) is 0 Å². The van der Waals surface area contributed by atoms with Crippen molar-refractivity contribution in [3.63, 3.8) is 0 Å². The number of halogens is 1. The second-order valence-corrected chi connectivity index (χ2v) is 3.89. The quantitative estimate of drug-likeness (QED) is 0.793. The van der Waals surface area contributed by atoms with Crippen LogP contribution >= 0.6 is 0 Å². The Labute approximate surface area is 88.5 Å². The summed E-state index contributed by atoms with van der Waals surface area (Å²) in [4.78, 5) is 3.11. The standard InChI is InChI=1S/C12H15FN2/c1-8(14-2)6-10-7-9-4-3-5-11(13)12(9)15-10/h3-5,7-8,14-15H,6H2,1-2H3. The smallest absolute Gasteiger partial charge is 0.147 e. The largest absolute Gasteiger partial charge is 0.356 e. The lowest BCUT2D eigenvalue weighted by atomic mass is 10.2. The van der Waals surface area contributed by atoms with E-state index >= 15 is 0 Å². The molecule has 2 aromatic rings. The molecule has 15 heavy (non-hydrogen) atoms. The monoisotopic (exact) mass is 206 g/mol. The van der Waals surface area contributed by atoms with Crippen molar-refractivity contribution >= 4 is 10.9 Å². The fourth-order valence-corrected chi connectivity index (χ4v) is 1.72. The zero-order valence-corrected chi connectivity index (χ0v) is 8.97. The molecule has 1 atom stereocenters. The van der Waals surface area contributed by atoms with Gasteiger partial charge in [0.25, 0.3) is 0 Å². The summed E-state index contributed by atoms with van der Waals surface area (Å²) in [6.45, 7) is 2.10. The maximum absolute atomic E-state index is 13.4. The van der Waals surface area contributed by atoms with Gasteiger partial charge in [0.1, 0.15) is 5.82 Å². The lowest BCUT2D eigenvalue weighted by Crippen LogP contribution is -2.23. The Kier molecular flexibility index (Phi) is 2.73. The summed E-state index contributed by atoms with van der Waals surface area (Å²) in [6.07, 6.45) is 0.880. The first-order chi connectivity index (χ1) is 7.20. The molecule has 0 aliphatic heterocycles. The van der Waals surface area contributed by atoms with Crippen molar-refractivity contribution in [2.24, 2.45) is 0 Å². The van der Waals surface area contributed by atoms with Crippen molar-refractivity contribution in [1.82, 2.24) is 10.3 Å². The molecule has 2 rings (SSSR count). The van der Waals surface area contributed by atoms with Gasteiger partial charge in [-0.2, -0.15) is 0 Å². The van der Waals surface area contributed by atoms with Crippen LogP contribution in [0.4, 0.5) is 4.39 Å². The van der Waals surface area contributed by atoms with Gasteiger partial charge in [0, 0.05) is 23.5 Å². The van der Waals surface area contributed by atoms with Gasteiger partial charge >= 0.3 is 0 Å². The van der Waals surface area contributed by atoms with E-state index in [4.69, 9.17) is 0 Å². The van der Waals surface area contributed by atoms with E-state index in [0.717, 1.165) is 17.5 Å². The van der Waals surface area contributed by atoms with Crippen LogP contribution in [-0.4, -0.2) is 18.1 Å². The average Bonchev–Trinajstić information content (AvgIpc) is 2.62. The molecule has 0 aliphatic rings. The highest BCUT2D eigenvalue weighted by Gasteiger charge is 2.06. The van der Waals surface area contributed by atoms with Crippen LogP contribution in [0.2, 0.25) is 0 Å². The normalized spacial score (nSPS) is 13.3. The lowest BCUT2D eigenvalue weighted by molar-refractivity contribution is 0.601. The number of aromatic nitrogens is 1. The van der Waals surface area contributed by atoms with Gasteiger partial charge in [-0.05, 0) is 26.1 Å². The predicted molar refractivity (Wildman–Crippen MR) is 60.5 cm³/mol. The van der Waals surface area contributed by atoms with E-state index in [1.807, 2.05) is 19.2 Å². The summed E-state index contributed by atoms with van der Waals surface area (Å²) in [6, 6.07) is 7.52. The molecule has 0 spiro atoms. The number of para-hydroxylation sites is 1. The Bertz CT molecular complexity index is 462. The summed E-state index contributed by atoms with van der Waals surface area (Å²) in [5.74, 6) is -0.184. The molecule has 2 nitrogen and oxygen atoms in total. The highest BCUT2D eigenvalue weighted by molar-refractivity contribution is 5.80. The zero-order valence-electron chi connectivity index (χ0n) is 8.97. The minimum atomic E-state index is -0.184. The fraction of sp³-hybridized carbons (Fsp3) is 0.333. The number of likely N-dealkylation sites (N-methyl/N-ethyl adjacent to an activating group) is 1. The van der Waals surface area contributed by atoms with E-state index in [9.17, 15) is 4.39 Å². The Morgan fingerprint density at radius 3 is 2.93 bits per heavy atom.